The summed E-state index contributed by atoms with van der Waals surface area (Å²) in [5.74, 6) is -0.272. The maximum Gasteiger partial charge on any atom is 0.338 e. The van der Waals surface area contributed by atoms with Crippen molar-refractivity contribution in [1.29, 1.82) is 0 Å². The lowest BCUT2D eigenvalue weighted by Crippen LogP contribution is -2.20. The van der Waals surface area contributed by atoms with E-state index in [0.717, 1.165) is 24.8 Å². The molecular formula is C15H20O3. The number of carbonyl (C=O) groups excluding carboxylic acids is 1. The number of rotatable bonds is 5. The second kappa shape index (κ2) is 5.11. The van der Waals surface area contributed by atoms with Gasteiger partial charge in [-0.3, -0.25) is 0 Å². The molecule has 2 unspecified atom stereocenters. The highest BCUT2D eigenvalue weighted by atomic mass is 16.7. The monoisotopic (exact) mass is 248 g/mol. The van der Waals surface area contributed by atoms with Crippen LogP contribution < -0.4 is 0 Å². The minimum Gasteiger partial charge on any atom is -0.467 e. The zero-order valence-corrected chi connectivity index (χ0v) is 11.2. The van der Waals surface area contributed by atoms with Crippen LogP contribution in [-0.2, 0) is 19.9 Å². The minimum atomic E-state index is -0.448. The number of methoxy groups -OCH3 is 1. The van der Waals surface area contributed by atoms with E-state index in [9.17, 15) is 4.79 Å². The number of aryl methyl sites for hydroxylation is 1. The Morgan fingerprint density at radius 2 is 2.06 bits per heavy atom. The Kier molecular flexibility index (Phi) is 3.71. The van der Waals surface area contributed by atoms with E-state index >= 15 is 0 Å². The van der Waals surface area contributed by atoms with Gasteiger partial charge >= 0.3 is 5.97 Å². The minimum absolute atomic E-state index is 0.272. The Bertz CT molecular complexity index is 424. The molecule has 1 heterocycles. The van der Waals surface area contributed by atoms with Gasteiger partial charge in [-0.15, -0.1) is 0 Å². The number of esters is 1. The number of hydrogen-bond donors (Lipinski definition) is 0. The Hall–Kier alpha value is -1.35. The highest BCUT2D eigenvalue weighted by Gasteiger charge is 2.61. The van der Waals surface area contributed by atoms with Gasteiger partial charge in [-0.05, 0) is 18.9 Å². The number of ether oxygens (including phenoxy) is 2. The van der Waals surface area contributed by atoms with Gasteiger partial charge in [-0.2, -0.15) is 0 Å². The molecule has 3 nitrogen and oxygen atoms in total. The van der Waals surface area contributed by atoms with E-state index in [-0.39, 0.29) is 5.97 Å². The Balaban J connectivity index is 2.22. The van der Waals surface area contributed by atoms with E-state index in [1.807, 2.05) is 19.1 Å². The Labute approximate surface area is 108 Å². The van der Waals surface area contributed by atoms with Gasteiger partial charge in [0.25, 0.3) is 0 Å². The number of benzene rings is 1. The summed E-state index contributed by atoms with van der Waals surface area (Å²) in [6, 6.07) is 8.21. The predicted octanol–water partition coefficient (Wildman–Crippen LogP) is 2.95. The van der Waals surface area contributed by atoms with Gasteiger partial charge in [0.05, 0.1) is 7.11 Å². The fraction of sp³-hybridized carbons (Fsp3) is 0.533. The van der Waals surface area contributed by atoms with Crippen molar-refractivity contribution in [2.45, 2.75) is 44.8 Å². The molecule has 0 bridgehead atoms. The predicted molar refractivity (Wildman–Crippen MR) is 69.3 cm³/mol. The smallest absolute Gasteiger partial charge is 0.338 e. The lowest BCUT2D eigenvalue weighted by molar-refractivity contribution is -0.142. The second-order valence-electron chi connectivity index (χ2n) is 4.88. The molecule has 0 spiro atoms. The van der Waals surface area contributed by atoms with E-state index in [2.05, 4.69) is 19.1 Å². The van der Waals surface area contributed by atoms with E-state index < -0.39 is 11.7 Å². The van der Waals surface area contributed by atoms with Crippen LogP contribution in [-0.4, -0.2) is 19.2 Å². The van der Waals surface area contributed by atoms with E-state index in [1.54, 1.807) is 0 Å². The molecule has 2 rings (SSSR count). The van der Waals surface area contributed by atoms with Crippen molar-refractivity contribution in [3.8, 4) is 0 Å². The molecule has 18 heavy (non-hydrogen) atoms. The summed E-state index contributed by atoms with van der Waals surface area (Å²) >= 11 is 0. The maximum absolute atomic E-state index is 11.6. The van der Waals surface area contributed by atoms with Gasteiger partial charge < -0.3 is 9.47 Å². The first-order chi connectivity index (χ1) is 8.64. The standard InChI is InChI=1S/C15H20O3/c1-4-5-10-15(13(18-15)14(16)17-3)12-8-6-11(2)7-9-12/h6-9,13H,4-5,10H2,1-3H3. The van der Waals surface area contributed by atoms with Crippen LogP contribution in [0.5, 0.6) is 0 Å². The van der Waals surface area contributed by atoms with Crippen LogP contribution in [0.15, 0.2) is 24.3 Å². The number of hydrogen-bond acceptors (Lipinski definition) is 3. The molecule has 1 aliphatic rings. The van der Waals surface area contributed by atoms with Crippen molar-refractivity contribution in [3.05, 3.63) is 35.4 Å². The van der Waals surface area contributed by atoms with Crippen LogP contribution in [0.4, 0.5) is 0 Å². The van der Waals surface area contributed by atoms with E-state index in [4.69, 9.17) is 9.47 Å². The summed E-state index contributed by atoms with van der Waals surface area (Å²) in [4.78, 5) is 11.6. The first kappa shape index (κ1) is 13.1. The number of carbonyl (C=O) groups is 1. The van der Waals surface area contributed by atoms with Crippen molar-refractivity contribution in [3.63, 3.8) is 0 Å². The van der Waals surface area contributed by atoms with Crippen LogP contribution in [0, 0.1) is 6.92 Å². The molecule has 0 radical (unpaired) electrons. The van der Waals surface area contributed by atoms with Crippen molar-refractivity contribution >= 4 is 5.97 Å². The quantitative estimate of drug-likeness (QED) is 0.594. The molecule has 1 aromatic rings. The topological polar surface area (TPSA) is 38.8 Å². The van der Waals surface area contributed by atoms with Crippen LogP contribution in [0.25, 0.3) is 0 Å². The third-order valence-electron chi connectivity index (χ3n) is 3.55. The molecule has 1 aromatic carbocycles. The van der Waals surface area contributed by atoms with Crippen LogP contribution in [0.2, 0.25) is 0 Å². The van der Waals surface area contributed by atoms with Gasteiger partial charge in [0.15, 0.2) is 6.10 Å². The van der Waals surface area contributed by atoms with Crippen molar-refractivity contribution < 1.29 is 14.3 Å². The molecule has 98 valence electrons. The average Bonchev–Trinajstić information content (AvgIpc) is 3.12. The van der Waals surface area contributed by atoms with Crippen molar-refractivity contribution in [1.82, 2.24) is 0 Å². The number of epoxide rings is 1. The summed E-state index contributed by atoms with van der Waals surface area (Å²) in [6.45, 7) is 4.19. The first-order valence-corrected chi connectivity index (χ1v) is 6.47. The zero-order chi connectivity index (χ0) is 13.2. The molecule has 0 amide bonds. The third-order valence-corrected chi connectivity index (χ3v) is 3.55. The van der Waals surface area contributed by atoms with Gasteiger partial charge in [0.2, 0.25) is 0 Å². The highest BCUT2D eigenvalue weighted by molar-refractivity contribution is 5.79. The molecule has 1 aliphatic heterocycles. The lowest BCUT2D eigenvalue weighted by Gasteiger charge is -2.13. The Morgan fingerprint density at radius 1 is 1.39 bits per heavy atom. The lowest BCUT2D eigenvalue weighted by atomic mass is 9.89. The molecule has 0 aliphatic carbocycles. The highest BCUT2D eigenvalue weighted by Crippen LogP contribution is 2.50. The first-order valence-electron chi connectivity index (χ1n) is 6.47. The molecule has 0 aromatic heterocycles. The van der Waals surface area contributed by atoms with Crippen molar-refractivity contribution in [2.24, 2.45) is 0 Å². The summed E-state index contributed by atoms with van der Waals surface area (Å²) < 4.78 is 10.5. The summed E-state index contributed by atoms with van der Waals surface area (Å²) in [5, 5.41) is 0. The van der Waals surface area contributed by atoms with Crippen molar-refractivity contribution in [2.75, 3.05) is 7.11 Å². The summed E-state index contributed by atoms with van der Waals surface area (Å²) in [5.41, 5.74) is 1.84. The maximum atomic E-state index is 11.6. The van der Waals surface area contributed by atoms with E-state index in [0.29, 0.717) is 0 Å². The van der Waals surface area contributed by atoms with Gasteiger partial charge in [0, 0.05) is 0 Å². The van der Waals surface area contributed by atoms with Gasteiger partial charge in [-0.25, -0.2) is 4.79 Å². The van der Waals surface area contributed by atoms with E-state index in [1.165, 1.54) is 12.7 Å². The largest absolute Gasteiger partial charge is 0.467 e. The van der Waals surface area contributed by atoms with Crippen LogP contribution >= 0.6 is 0 Å². The molecule has 0 N–H and O–H groups in total. The number of unbranched alkanes of at least 4 members (excludes halogenated alkanes) is 1. The van der Waals surface area contributed by atoms with Crippen LogP contribution in [0.1, 0.15) is 37.3 Å². The van der Waals surface area contributed by atoms with Gasteiger partial charge in [-0.1, -0.05) is 49.6 Å². The molecule has 1 fully saturated rings. The third kappa shape index (κ3) is 2.27. The zero-order valence-electron chi connectivity index (χ0n) is 11.2. The van der Waals surface area contributed by atoms with Gasteiger partial charge in [0.1, 0.15) is 5.60 Å². The second-order valence-corrected chi connectivity index (χ2v) is 4.88. The fourth-order valence-electron chi connectivity index (χ4n) is 2.35. The molecule has 3 heteroatoms. The average molecular weight is 248 g/mol. The molecule has 2 atom stereocenters. The summed E-state index contributed by atoms with van der Waals surface area (Å²) in [6.07, 6.45) is 2.57. The van der Waals surface area contributed by atoms with Crippen LogP contribution in [0.3, 0.4) is 0 Å². The Morgan fingerprint density at radius 3 is 2.61 bits per heavy atom. The fourth-order valence-corrected chi connectivity index (χ4v) is 2.35. The normalized spacial score (nSPS) is 25.8. The molecule has 0 saturated carbocycles. The summed E-state index contributed by atoms with van der Waals surface area (Å²) in [7, 11) is 1.41. The SMILES string of the molecule is CCCCC1(c2ccc(C)cc2)OC1C(=O)OC. The molecule has 1 saturated heterocycles. The molecular weight excluding hydrogens is 228 g/mol.